The summed E-state index contributed by atoms with van der Waals surface area (Å²) in [6, 6.07) is 40.3. The van der Waals surface area contributed by atoms with E-state index in [0.29, 0.717) is 11.1 Å². The molecule has 57 heavy (non-hydrogen) atoms. The molecule has 0 heterocycles. The van der Waals surface area contributed by atoms with Gasteiger partial charge in [-0.2, -0.15) is 10.2 Å². The average molecular weight is 763 g/mol. The van der Waals surface area contributed by atoms with Crippen LogP contribution in [0, 0.1) is 20.2 Å². The van der Waals surface area contributed by atoms with E-state index in [2.05, 4.69) is 20.2 Å². The molecule has 0 aliphatic carbocycles. The van der Waals surface area contributed by atoms with E-state index >= 15 is 0 Å². The van der Waals surface area contributed by atoms with Gasteiger partial charge in [-0.1, -0.05) is 103 Å². The summed E-state index contributed by atoms with van der Waals surface area (Å²) < 4.78 is 0. The second kappa shape index (κ2) is 21.6. The smallest absolute Gasteiger partial charge is 0.269 e. The Labute approximate surface area is 328 Å². The summed E-state index contributed by atoms with van der Waals surface area (Å²) in [6.45, 7) is 1.90. The van der Waals surface area contributed by atoms with Crippen LogP contribution in [0.4, 0.5) is 11.4 Å². The van der Waals surface area contributed by atoms with E-state index < -0.39 is 21.4 Å². The second-order valence-corrected chi connectivity index (χ2v) is 12.0. The van der Waals surface area contributed by atoms with Crippen molar-refractivity contribution < 1.29 is 19.4 Å². The molecule has 0 fully saturated rings. The second-order valence-electron chi connectivity index (χ2n) is 12.0. The topological polar surface area (TPSA) is 222 Å². The van der Waals surface area contributed by atoms with Gasteiger partial charge in [-0.15, -0.1) is 0 Å². The van der Waals surface area contributed by atoms with E-state index in [0.717, 1.165) is 16.7 Å². The summed E-state index contributed by atoms with van der Waals surface area (Å²) in [5, 5.41) is 28.4. The number of non-ortho nitro benzene ring substituents is 2. The van der Waals surface area contributed by atoms with Crippen molar-refractivity contribution in [1.82, 2.24) is 0 Å². The quantitative estimate of drug-likeness (QED) is 0.0353. The lowest BCUT2D eigenvalue weighted by molar-refractivity contribution is -0.385. The van der Waals surface area contributed by atoms with Gasteiger partial charge in [0.05, 0.1) is 34.4 Å². The maximum absolute atomic E-state index is 12.5. The lowest BCUT2D eigenvalue weighted by Gasteiger charge is -2.13. The zero-order valence-corrected chi connectivity index (χ0v) is 30.7. The first kappa shape index (κ1) is 41.8. The summed E-state index contributed by atoms with van der Waals surface area (Å²) in [5.41, 5.74) is 4.21. The van der Waals surface area contributed by atoms with Gasteiger partial charge in [-0.05, 0) is 71.2 Å². The Kier molecular flexibility index (Phi) is 15.9. The number of rotatable bonds is 15. The molecule has 0 bridgehead atoms. The Bertz CT molecular complexity index is 2270. The standard InChI is InChI=1S/C24H20N4O3.C19H18N4O3/c25-27-22(23(29)16-13-18-11-14-21(15-12-18)28(30)31)17-26-24(19-7-3-1-4-8-19)20-9-5-2-6-10-20;1-14(16-5-3-2-4-6-16)21-13-18(22-20)19(24)12-9-15-7-10-17(11-8-15)23(25)26/h1-17,24H,25H2;2-14H,20H2,1H3/b16-13+,26-17?,27-22+;12-9+,21-13?,22-18+. The van der Waals surface area contributed by atoms with Crippen molar-refractivity contribution in [3.63, 3.8) is 0 Å². The number of benzene rings is 5. The fourth-order valence-electron chi connectivity index (χ4n) is 5.03. The zero-order valence-electron chi connectivity index (χ0n) is 30.7. The van der Waals surface area contributed by atoms with Crippen LogP contribution in [-0.2, 0) is 9.59 Å². The molecule has 1 unspecified atom stereocenters. The first-order valence-electron chi connectivity index (χ1n) is 17.3. The number of carbonyl (C=O) groups excluding carboxylic acids is 2. The number of aliphatic imine (C=N–C) groups is 2. The molecule has 0 saturated carbocycles. The van der Waals surface area contributed by atoms with Gasteiger partial charge in [-0.3, -0.25) is 39.8 Å². The van der Waals surface area contributed by atoms with Crippen LogP contribution in [0.5, 0.6) is 0 Å². The van der Waals surface area contributed by atoms with Crippen LogP contribution in [0.25, 0.3) is 12.2 Å². The minimum Gasteiger partial charge on any atom is -0.323 e. The molecule has 14 nitrogen and oxygen atoms in total. The Morgan fingerprint density at radius 1 is 0.544 bits per heavy atom. The number of nitro groups is 2. The molecule has 0 spiro atoms. The Morgan fingerprint density at radius 3 is 1.25 bits per heavy atom. The van der Waals surface area contributed by atoms with Gasteiger partial charge < -0.3 is 11.7 Å². The molecule has 0 aromatic heterocycles. The van der Waals surface area contributed by atoms with Gasteiger partial charge in [0, 0.05) is 24.3 Å². The van der Waals surface area contributed by atoms with Crippen molar-refractivity contribution in [3.8, 4) is 0 Å². The predicted molar refractivity (Wildman–Crippen MR) is 224 cm³/mol. The van der Waals surface area contributed by atoms with Crippen LogP contribution in [0.3, 0.4) is 0 Å². The molecule has 4 N–H and O–H groups in total. The summed E-state index contributed by atoms with van der Waals surface area (Å²) in [6.07, 6.45) is 8.39. The summed E-state index contributed by atoms with van der Waals surface area (Å²) in [7, 11) is 0. The number of ketones is 2. The number of nitro benzene ring substituents is 2. The number of hydrogen-bond donors (Lipinski definition) is 2. The third-order valence-electron chi connectivity index (χ3n) is 8.12. The molecule has 0 amide bonds. The fraction of sp³-hybridized carbons (Fsp3) is 0.0698. The van der Waals surface area contributed by atoms with Crippen LogP contribution in [0.15, 0.2) is 172 Å². The van der Waals surface area contributed by atoms with Crippen LogP contribution in [0.2, 0.25) is 0 Å². The van der Waals surface area contributed by atoms with E-state index in [4.69, 9.17) is 11.7 Å². The number of nitrogens with two attached hydrogens (primary N) is 2. The first-order chi connectivity index (χ1) is 27.6. The number of allylic oxidation sites excluding steroid dienone is 2. The maximum atomic E-state index is 12.5. The van der Waals surface area contributed by atoms with Gasteiger partial charge in [0.15, 0.2) is 0 Å². The highest BCUT2D eigenvalue weighted by molar-refractivity contribution is 6.64. The molecule has 0 saturated heterocycles. The highest BCUT2D eigenvalue weighted by atomic mass is 16.6. The van der Waals surface area contributed by atoms with Crippen LogP contribution in [-0.4, -0.2) is 45.3 Å². The molecule has 286 valence electrons. The van der Waals surface area contributed by atoms with E-state index in [-0.39, 0.29) is 34.9 Å². The molecular formula is C43H38N8O6. The Balaban J connectivity index is 0.000000257. The molecule has 14 heteroatoms. The molecule has 0 aliphatic heterocycles. The highest BCUT2D eigenvalue weighted by Crippen LogP contribution is 2.25. The molecule has 1 atom stereocenters. The van der Waals surface area contributed by atoms with Gasteiger partial charge in [0.2, 0.25) is 11.6 Å². The van der Waals surface area contributed by atoms with Crippen LogP contribution >= 0.6 is 0 Å². The lowest BCUT2D eigenvalue weighted by Crippen LogP contribution is -2.16. The molecule has 0 aliphatic rings. The third-order valence-corrected chi connectivity index (χ3v) is 8.12. The van der Waals surface area contributed by atoms with Gasteiger partial charge in [-0.25, -0.2) is 0 Å². The van der Waals surface area contributed by atoms with Crippen LogP contribution in [0.1, 0.15) is 46.8 Å². The predicted octanol–water partition coefficient (Wildman–Crippen LogP) is 7.68. The van der Waals surface area contributed by atoms with Crippen molar-refractivity contribution in [2.24, 2.45) is 31.9 Å². The molecule has 5 aromatic carbocycles. The van der Waals surface area contributed by atoms with Crippen molar-refractivity contribution >= 4 is 58.9 Å². The number of hydrogen-bond acceptors (Lipinski definition) is 12. The normalized spacial score (nSPS) is 12.5. The molecule has 5 rings (SSSR count). The van der Waals surface area contributed by atoms with Gasteiger partial charge in [0.25, 0.3) is 11.4 Å². The van der Waals surface area contributed by atoms with Gasteiger partial charge >= 0.3 is 0 Å². The minimum absolute atomic E-state index is 0.00461. The monoisotopic (exact) mass is 762 g/mol. The largest absolute Gasteiger partial charge is 0.323 e. The molecule has 5 aromatic rings. The number of hydrazone groups is 2. The van der Waals surface area contributed by atoms with Crippen molar-refractivity contribution in [1.29, 1.82) is 0 Å². The molecular weight excluding hydrogens is 725 g/mol. The summed E-state index contributed by atoms with van der Waals surface area (Å²) in [4.78, 5) is 54.0. The lowest BCUT2D eigenvalue weighted by atomic mass is 9.99. The summed E-state index contributed by atoms with van der Waals surface area (Å²) in [5.74, 6) is 9.88. The Morgan fingerprint density at radius 2 is 0.895 bits per heavy atom. The van der Waals surface area contributed by atoms with E-state index in [1.807, 2.05) is 97.9 Å². The van der Waals surface area contributed by atoms with Gasteiger partial charge in [0.1, 0.15) is 11.4 Å². The maximum Gasteiger partial charge on any atom is 0.269 e. The number of carbonyl (C=O) groups is 2. The minimum atomic E-state index is -0.484. The van der Waals surface area contributed by atoms with Crippen molar-refractivity contribution in [2.75, 3.05) is 0 Å². The van der Waals surface area contributed by atoms with Crippen LogP contribution < -0.4 is 11.7 Å². The first-order valence-corrected chi connectivity index (χ1v) is 17.3. The van der Waals surface area contributed by atoms with E-state index in [9.17, 15) is 29.8 Å². The average Bonchev–Trinajstić information content (AvgIpc) is 3.25. The third kappa shape index (κ3) is 13.1. The van der Waals surface area contributed by atoms with Crippen molar-refractivity contribution in [2.45, 2.75) is 19.0 Å². The zero-order chi connectivity index (χ0) is 41.0. The highest BCUT2D eigenvalue weighted by Gasteiger charge is 2.14. The van der Waals surface area contributed by atoms with E-state index in [1.165, 1.54) is 61.0 Å². The SMILES string of the molecule is CC(N=C/C(=N\N)C(=O)/C=C/c1ccc([N+](=O)[O-])cc1)c1ccccc1.N/N=C(\C=NC(c1ccccc1)c1ccccc1)C(=O)/C=C/c1ccc([N+](=O)[O-])cc1. The number of nitrogens with zero attached hydrogens (tertiary/aromatic N) is 6. The van der Waals surface area contributed by atoms with E-state index in [1.54, 1.807) is 24.3 Å². The molecule has 0 radical (unpaired) electrons. The summed E-state index contributed by atoms with van der Waals surface area (Å²) >= 11 is 0. The Hall–Kier alpha value is -8.00. The van der Waals surface area contributed by atoms with Crippen molar-refractivity contribution in [3.05, 3.63) is 200 Å². The fourth-order valence-corrected chi connectivity index (χ4v) is 5.03.